The Kier molecular flexibility index (Phi) is 5.36. The molecular formula is C18H21FN4O. The van der Waals surface area contributed by atoms with Gasteiger partial charge in [-0.2, -0.15) is 0 Å². The van der Waals surface area contributed by atoms with Crippen LogP contribution >= 0.6 is 0 Å². The second-order valence-electron chi connectivity index (χ2n) is 6.05. The molecule has 0 unspecified atom stereocenters. The van der Waals surface area contributed by atoms with Gasteiger partial charge in [0.05, 0.1) is 5.56 Å². The normalized spacial score (nSPS) is 14.5. The third-order valence-corrected chi connectivity index (χ3v) is 4.21. The molecule has 1 aliphatic rings. The highest BCUT2D eigenvalue weighted by Gasteiger charge is 2.18. The van der Waals surface area contributed by atoms with Gasteiger partial charge in [0, 0.05) is 25.0 Å². The predicted molar refractivity (Wildman–Crippen MR) is 90.3 cm³/mol. The predicted octanol–water partition coefficient (Wildman–Crippen LogP) is 2.94. The average Bonchev–Trinajstić information content (AvgIpc) is 3.10. The van der Waals surface area contributed by atoms with E-state index >= 15 is 0 Å². The van der Waals surface area contributed by atoms with Crippen LogP contribution in [0.3, 0.4) is 0 Å². The molecule has 1 aromatic carbocycles. The Morgan fingerprint density at radius 1 is 1.12 bits per heavy atom. The van der Waals surface area contributed by atoms with Crippen LogP contribution in [0.1, 0.15) is 41.6 Å². The third kappa shape index (κ3) is 4.50. The molecule has 1 aliphatic carbocycles. The molecule has 0 radical (unpaired) electrons. The zero-order chi connectivity index (χ0) is 16.8. The Bertz CT molecular complexity index is 666. The summed E-state index contributed by atoms with van der Waals surface area (Å²) in [5.41, 5.74) is 1.52. The zero-order valence-electron chi connectivity index (χ0n) is 13.5. The molecule has 126 valence electrons. The van der Waals surface area contributed by atoms with E-state index in [-0.39, 0.29) is 17.8 Å². The molecule has 6 heteroatoms. The van der Waals surface area contributed by atoms with E-state index in [0.717, 1.165) is 24.8 Å². The topological polar surface area (TPSA) is 66.9 Å². The van der Waals surface area contributed by atoms with Gasteiger partial charge in [0.25, 0.3) is 5.91 Å². The number of hydrogen-bond donors (Lipinski definition) is 2. The quantitative estimate of drug-likeness (QED) is 0.855. The van der Waals surface area contributed by atoms with Crippen LogP contribution in [0.25, 0.3) is 0 Å². The van der Waals surface area contributed by atoms with Crippen molar-refractivity contribution in [2.45, 2.75) is 38.1 Å². The molecule has 0 atom stereocenters. The molecule has 1 saturated carbocycles. The molecule has 0 spiro atoms. The summed E-state index contributed by atoms with van der Waals surface area (Å²) in [5.74, 6) is 0.135. The first-order valence-electron chi connectivity index (χ1n) is 8.32. The van der Waals surface area contributed by atoms with Crippen molar-refractivity contribution in [2.24, 2.45) is 0 Å². The fourth-order valence-electron chi connectivity index (χ4n) is 2.85. The molecule has 0 bridgehead atoms. The van der Waals surface area contributed by atoms with Crippen molar-refractivity contribution in [2.75, 3.05) is 11.9 Å². The van der Waals surface area contributed by atoms with Crippen LogP contribution in [0, 0.1) is 5.82 Å². The highest BCUT2D eigenvalue weighted by atomic mass is 19.1. The van der Waals surface area contributed by atoms with E-state index < -0.39 is 0 Å². The lowest BCUT2D eigenvalue weighted by molar-refractivity contribution is 0.0937. The van der Waals surface area contributed by atoms with E-state index in [2.05, 4.69) is 20.6 Å². The number of nitrogens with zero attached hydrogens (tertiary/aromatic N) is 2. The Morgan fingerprint density at radius 3 is 2.46 bits per heavy atom. The first-order chi connectivity index (χ1) is 11.7. The lowest BCUT2D eigenvalue weighted by atomic mass is 10.1. The maximum atomic E-state index is 12.8. The summed E-state index contributed by atoms with van der Waals surface area (Å²) in [4.78, 5) is 20.4. The summed E-state index contributed by atoms with van der Waals surface area (Å²) in [6, 6.07) is 6.70. The van der Waals surface area contributed by atoms with Crippen molar-refractivity contribution in [1.82, 2.24) is 15.3 Å². The van der Waals surface area contributed by atoms with E-state index in [1.807, 2.05) is 0 Å². The molecule has 1 fully saturated rings. The monoisotopic (exact) mass is 328 g/mol. The van der Waals surface area contributed by atoms with Crippen molar-refractivity contribution in [3.8, 4) is 0 Å². The fourth-order valence-corrected chi connectivity index (χ4v) is 2.85. The smallest absolute Gasteiger partial charge is 0.254 e. The van der Waals surface area contributed by atoms with Crippen molar-refractivity contribution < 1.29 is 9.18 Å². The summed E-state index contributed by atoms with van der Waals surface area (Å²) < 4.78 is 12.8. The minimum atomic E-state index is -0.235. The van der Waals surface area contributed by atoms with E-state index in [1.54, 1.807) is 12.1 Å². The van der Waals surface area contributed by atoms with Crippen LogP contribution < -0.4 is 10.6 Å². The van der Waals surface area contributed by atoms with Gasteiger partial charge in [-0.25, -0.2) is 14.4 Å². The second-order valence-corrected chi connectivity index (χ2v) is 6.05. The number of carbonyl (C=O) groups is 1. The number of aromatic nitrogens is 2. The minimum Gasteiger partial charge on any atom is -0.354 e. The number of nitrogens with one attached hydrogen (secondary N) is 2. The number of benzene rings is 1. The van der Waals surface area contributed by atoms with Gasteiger partial charge in [-0.3, -0.25) is 4.79 Å². The summed E-state index contributed by atoms with van der Waals surface area (Å²) in [7, 11) is 0. The van der Waals surface area contributed by atoms with Gasteiger partial charge in [0.1, 0.15) is 5.82 Å². The van der Waals surface area contributed by atoms with Gasteiger partial charge in [-0.05, 0) is 37.0 Å². The van der Waals surface area contributed by atoms with E-state index in [9.17, 15) is 9.18 Å². The van der Waals surface area contributed by atoms with E-state index in [0.29, 0.717) is 18.1 Å². The Balaban J connectivity index is 1.47. The molecule has 2 N–H and O–H groups in total. The van der Waals surface area contributed by atoms with Gasteiger partial charge in [0.2, 0.25) is 5.95 Å². The molecule has 1 heterocycles. The first kappa shape index (κ1) is 16.4. The molecule has 0 aliphatic heterocycles. The van der Waals surface area contributed by atoms with Crippen LogP contribution in [0.4, 0.5) is 10.3 Å². The third-order valence-electron chi connectivity index (χ3n) is 4.21. The highest BCUT2D eigenvalue weighted by Crippen LogP contribution is 2.18. The molecule has 1 aromatic heterocycles. The maximum Gasteiger partial charge on any atom is 0.254 e. The summed E-state index contributed by atoms with van der Waals surface area (Å²) in [6.45, 7) is 0.638. The van der Waals surface area contributed by atoms with Crippen molar-refractivity contribution in [3.05, 3.63) is 53.6 Å². The lowest BCUT2D eigenvalue weighted by Crippen LogP contribution is -2.32. The highest BCUT2D eigenvalue weighted by molar-refractivity contribution is 5.93. The molecule has 3 rings (SSSR count). The first-order valence-corrected chi connectivity index (χ1v) is 8.32. The molecule has 1 amide bonds. The number of anilines is 1. The standard InChI is InChI=1S/C18H21FN4O/c19-15-7-5-13(6-8-15)9-10-20-18-21-11-14(12-22-18)17(24)23-16-3-1-2-4-16/h5-8,11-12,16H,1-4,9-10H2,(H,23,24)(H,20,21,22). The van der Waals surface area contributed by atoms with Crippen molar-refractivity contribution in [3.63, 3.8) is 0 Å². The maximum absolute atomic E-state index is 12.8. The Hall–Kier alpha value is -2.50. The molecular weight excluding hydrogens is 307 g/mol. The van der Waals surface area contributed by atoms with Gasteiger partial charge in [-0.15, -0.1) is 0 Å². The zero-order valence-corrected chi connectivity index (χ0v) is 13.5. The van der Waals surface area contributed by atoms with Gasteiger partial charge < -0.3 is 10.6 Å². The number of rotatable bonds is 6. The number of hydrogen-bond acceptors (Lipinski definition) is 4. The summed E-state index contributed by atoms with van der Waals surface area (Å²) in [5, 5.41) is 6.11. The lowest BCUT2D eigenvalue weighted by Gasteiger charge is -2.11. The molecule has 24 heavy (non-hydrogen) atoms. The number of amides is 1. The van der Waals surface area contributed by atoms with Crippen molar-refractivity contribution >= 4 is 11.9 Å². The number of carbonyl (C=O) groups excluding carboxylic acids is 1. The van der Waals surface area contributed by atoms with E-state index in [1.165, 1.54) is 37.4 Å². The average molecular weight is 328 g/mol. The molecule has 5 nitrogen and oxygen atoms in total. The van der Waals surface area contributed by atoms with Crippen LogP contribution in [-0.2, 0) is 6.42 Å². The van der Waals surface area contributed by atoms with Crippen LogP contribution in [0.15, 0.2) is 36.7 Å². The van der Waals surface area contributed by atoms with Gasteiger partial charge in [0.15, 0.2) is 0 Å². The van der Waals surface area contributed by atoms with Gasteiger partial charge in [-0.1, -0.05) is 25.0 Å². The Morgan fingerprint density at radius 2 is 1.79 bits per heavy atom. The van der Waals surface area contributed by atoms with Crippen LogP contribution in [0.2, 0.25) is 0 Å². The summed E-state index contributed by atoms with van der Waals surface area (Å²) >= 11 is 0. The van der Waals surface area contributed by atoms with Crippen molar-refractivity contribution in [1.29, 1.82) is 0 Å². The second kappa shape index (κ2) is 7.86. The summed E-state index contributed by atoms with van der Waals surface area (Å²) in [6.07, 6.45) is 8.28. The fraction of sp³-hybridized carbons (Fsp3) is 0.389. The SMILES string of the molecule is O=C(NC1CCCC1)c1cnc(NCCc2ccc(F)cc2)nc1. The van der Waals surface area contributed by atoms with Crippen LogP contribution in [-0.4, -0.2) is 28.5 Å². The van der Waals surface area contributed by atoms with E-state index in [4.69, 9.17) is 0 Å². The minimum absolute atomic E-state index is 0.111. The van der Waals surface area contributed by atoms with Gasteiger partial charge >= 0.3 is 0 Å². The number of halogens is 1. The Labute approximate surface area is 140 Å². The molecule has 0 saturated heterocycles. The van der Waals surface area contributed by atoms with Crippen LogP contribution in [0.5, 0.6) is 0 Å². The molecule has 2 aromatic rings. The largest absolute Gasteiger partial charge is 0.354 e.